The number of anilines is 1. The van der Waals surface area contributed by atoms with Crippen LogP contribution in [-0.2, 0) is 0 Å². The first kappa shape index (κ1) is 11.0. The Bertz CT molecular complexity index is 419. The van der Waals surface area contributed by atoms with Crippen LogP contribution in [0.25, 0.3) is 0 Å². The van der Waals surface area contributed by atoms with Crippen molar-refractivity contribution in [3.05, 3.63) is 29.6 Å². The van der Waals surface area contributed by atoms with Gasteiger partial charge < -0.3 is 5.32 Å². The van der Waals surface area contributed by atoms with E-state index in [9.17, 15) is 4.39 Å². The lowest BCUT2D eigenvalue weighted by Crippen LogP contribution is -2.33. The molecule has 0 bridgehead atoms. The lowest BCUT2D eigenvalue weighted by Gasteiger charge is -2.23. The number of benzene rings is 1. The highest BCUT2D eigenvalue weighted by atomic mass is 19.1. The summed E-state index contributed by atoms with van der Waals surface area (Å²) in [6.45, 7) is 4.43. The van der Waals surface area contributed by atoms with Gasteiger partial charge in [-0.15, -0.1) is 0 Å². The lowest BCUT2D eigenvalue weighted by molar-refractivity contribution is 0.318. The van der Waals surface area contributed by atoms with Crippen LogP contribution in [0, 0.1) is 12.7 Å². The Hall–Kier alpha value is -1.09. The fourth-order valence-corrected chi connectivity index (χ4v) is 3.24. The number of nitrogens with zero attached hydrogens (tertiary/aromatic N) is 1. The number of rotatable bonds is 2. The van der Waals surface area contributed by atoms with Crippen molar-refractivity contribution >= 4 is 5.69 Å². The molecule has 1 aromatic rings. The van der Waals surface area contributed by atoms with E-state index in [-0.39, 0.29) is 5.82 Å². The van der Waals surface area contributed by atoms with Crippen molar-refractivity contribution in [2.75, 3.05) is 18.4 Å². The molecule has 2 saturated heterocycles. The summed E-state index contributed by atoms with van der Waals surface area (Å²) >= 11 is 0. The van der Waals surface area contributed by atoms with Crippen molar-refractivity contribution in [1.29, 1.82) is 0 Å². The van der Waals surface area contributed by atoms with Gasteiger partial charge in [0, 0.05) is 24.3 Å². The molecule has 2 aliphatic rings. The molecule has 1 N–H and O–H groups in total. The van der Waals surface area contributed by atoms with Gasteiger partial charge in [-0.05, 0) is 56.5 Å². The van der Waals surface area contributed by atoms with Crippen LogP contribution >= 0.6 is 0 Å². The Balaban J connectivity index is 1.74. The van der Waals surface area contributed by atoms with Gasteiger partial charge in [0.15, 0.2) is 0 Å². The molecule has 0 amide bonds. The molecule has 0 aliphatic carbocycles. The van der Waals surface area contributed by atoms with Crippen molar-refractivity contribution in [1.82, 2.24) is 4.90 Å². The Kier molecular flexibility index (Phi) is 2.79. The second-order valence-electron chi connectivity index (χ2n) is 5.24. The Morgan fingerprint density at radius 3 is 3.00 bits per heavy atom. The van der Waals surface area contributed by atoms with Crippen LogP contribution in [0.4, 0.5) is 10.1 Å². The SMILES string of the molecule is Cc1cc(F)ccc1NC1CCN2CCCC12. The van der Waals surface area contributed by atoms with E-state index in [0.29, 0.717) is 12.1 Å². The highest BCUT2D eigenvalue weighted by molar-refractivity contribution is 5.51. The predicted octanol–water partition coefficient (Wildman–Crippen LogP) is 2.78. The maximum atomic E-state index is 13.0. The Labute approximate surface area is 102 Å². The minimum atomic E-state index is -0.151. The maximum Gasteiger partial charge on any atom is 0.123 e. The van der Waals surface area contributed by atoms with Crippen LogP contribution in [0.5, 0.6) is 0 Å². The van der Waals surface area contributed by atoms with Gasteiger partial charge >= 0.3 is 0 Å². The molecular formula is C14H19FN2. The molecule has 2 fully saturated rings. The molecule has 2 aliphatic heterocycles. The second kappa shape index (κ2) is 4.30. The molecule has 3 rings (SSSR count). The van der Waals surface area contributed by atoms with Crippen LogP contribution in [0.2, 0.25) is 0 Å². The van der Waals surface area contributed by atoms with Crippen LogP contribution < -0.4 is 5.32 Å². The zero-order valence-electron chi connectivity index (χ0n) is 10.2. The van der Waals surface area contributed by atoms with Crippen molar-refractivity contribution in [3.63, 3.8) is 0 Å². The third kappa shape index (κ3) is 2.04. The molecular weight excluding hydrogens is 215 g/mol. The van der Waals surface area contributed by atoms with Crippen molar-refractivity contribution < 1.29 is 4.39 Å². The fraction of sp³-hybridized carbons (Fsp3) is 0.571. The summed E-state index contributed by atoms with van der Waals surface area (Å²) in [7, 11) is 0. The standard InChI is InChI=1S/C14H19FN2/c1-10-9-11(15)4-5-12(10)16-13-6-8-17-7-2-3-14(13)17/h4-5,9,13-14,16H,2-3,6-8H2,1H3. The summed E-state index contributed by atoms with van der Waals surface area (Å²) in [5, 5.41) is 3.60. The van der Waals surface area contributed by atoms with Gasteiger partial charge in [0.2, 0.25) is 0 Å². The summed E-state index contributed by atoms with van der Waals surface area (Å²) in [6, 6.07) is 6.24. The van der Waals surface area contributed by atoms with Gasteiger partial charge in [-0.2, -0.15) is 0 Å². The van der Waals surface area contributed by atoms with E-state index in [0.717, 1.165) is 11.3 Å². The first-order valence-electron chi connectivity index (χ1n) is 6.51. The minimum absolute atomic E-state index is 0.151. The summed E-state index contributed by atoms with van der Waals surface area (Å²) in [6.07, 6.45) is 3.84. The normalized spacial score (nSPS) is 28.4. The minimum Gasteiger partial charge on any atom is -0.380 e. The predicted molar refractivity (Wildman–Crippen MR) is 67.8 cm³/mol. The Morgan fingerprint density at radius 1 is 1.29 bits per heavy atom. The first-order chi connectivity index (χ1) is 8.24. The van der Waals surface area contributed by atoms with Crippen LogP contribution in [0.3, 0.4) is 0 Å². The molecule has 1 aromatic carbocycles. The average molecular weight is 234 g/mol. The van der Waals surface area contributed by atoms with Gasteiger partial charge in [0.1, 0.15) is 5.82 Å². The maximum absolute atomic E-state index is 13.0. The van der Waals surface area contributed by atoms with E-state index < -0.39 is 0 Å². The average Bonchev–Trinajstić information content (AvgIpc) is 2.86. The van der Waals surface area contributed by atoms with Crippen LogP contribution in [0.1, 0.15) is 24.8 Å². The molecule has 0 radical (unpaired) electrons. The first-order valence-corrected chi connectivity index (χ1v) is 6.51. The number of hydrogen-bond acceptors (Lipinski definition) is 2. The number of nitrogens with one attached hydrogen (secondary N) is 1. The van der Waals surface area contributed by atoms with Gasteiger partial charge in [0.05, 0.1) is 0 Å². The summed E-state index contributed by atoms with van der Waals surface area (Å²) in [5.41, 5.74) is 2.09. The van der Waals surface area contributed by atoms with Gasteiger partial charge in [-0.25, -0.2) is 4.39 Å². The van der Waals surface area contributed by atoms with Gasteiger partial charge in [-0.3, -0.25) is 4.90 Å². The van der Waals surface area contributed by atoms with E-state index in [4.69, 9.17) is 0 Å². The lowest BCUT2D eigenvalue weighted by atomic mass is 10.1. The van der Waals surface area contributed by atoms with E-state index in [1.54, 1.807) is 6.07 Å². The third-order valence-corrected chi connectivity index (χ3v) is 4.14. The largest absolute Gasteiger partial charge is 0.380 e. The highest BCUT2D eigenvalue weighted by Gasteiger charge is 2.37. The molecule has 17 heavy (non-hydrogen) atoms. The third-order valence-electron chi connectivity index (χ3n) is 4.14. The van der Waals surface area contributed by atoms with Crippen molar-refractivity contribution in [2.24, 2.45) is 0 Å². The van der Waals surface area contributed by atoms with E-state index in [1.165, 1.54) is 38.4 Å². The molecule has 92 valence electrons. The highest BCUT2D eigenvalue weighted by Crippen LogP contribution is 2.30. The monoisotopic (exact) mass is 234 g/mol. The van der Waals surface area contributed by atoms with Crippen molar-refractivity contribution in [2.45, 2.75) is 38.3 Å². The van der Waals surface area contributed by atoms with Gasteiger partial charge in [-0.1, -0.05) is 0 Å². The quantitative estimate of drug-likeness (QED) is 0.846. The van der Waals surface area contributed by atoms with Crippen LogP contribution in [-0.4, -0.2) is 30.1 Å². The zero-order chi connectivity index (χ0) is 11.8. The summed E-state index contributed by atoms with van der Waals surface area (Å²) in [4.78, 5) is 2.58. The summed E-state index contributed by atoms with van der Waals surface area (Å²) < 4.78 is 13.0. The number of hydrogen-bond donors (Lipinski definition) is 1. The topological polar surface area (TPSA) is 15.3 Å². The zero-order valence-corrected chi connectivity index (χ0v) is 10.2. The van der Waals surface area contributed by atoms with E-state index in [1.807, 2.05) is 13.0 Å². The molecule has 0 spiro atoms. The number of aryl methyl sites for hydroxylation is 1. The molecule has 2 heterocycles. The van der Waals surface area contributed by atoms with E-state index in [2.05, 4.69) is 10.2 Å². The molecule has 3 heteroatoms. The van der Waals surface area contributed by atoms with Crippen molar-refractivity contribution in [3.8, 4) is 0 Å². The molecule has 2 unspecified atom stereocenters. The second-order valence-corrected chi connectivity index (χ2v) is 5.24. The van der Waals surface area contributed by atoms with Crippen LogP contribution in [0.15, 0.2) is 18.2 Å². The smallest absolute Gasteiger partial charge is 0.123 e. The van der Waals surface area contributed by atoms with E-state index >= 15 is 0 Å². The molecule has 2 nitrogen and oxygen atoms in total. The summed E-state index contributed by atoms with van der Waals surface area (Å²) in [5.74, 6) is -0.151. The Morgan fingerprint density at radius 2 is 2.18 bits per heavy atom. The number of halogens is 1. The number of fused-ring (bicyclic) bond motifs is 1. The fourth-order valence-electron chi connectivity index (χ4n) is 3.24. The molecule has 0 aromatic heterocycles. The molecule has 2 atom stereocenters. The molecule has 0 saturated carbocycles. The van der Waals surface area contributed by atoms with Gasteiger partial charge in [0.25, 0.3) is 0 Å².